The van der Waals surface area contributed by atoms with Gasteiger partial charge in [-0.05, 0) is 36.2 Å². The number of aryl methyl sites for hydroxylation is 3. The van der Waals surface area contributed by atoms with Gasteiger partial charge in [0.05, 0.1) is 5.69 Å². The normalized spacial score (nSPS) is 10.6. The Hall–Kier alpha value is -3.29. The maximum Gasteiger partial charge on any atom is 0.274 e. The molecule has 0 saturated carbocycles. The molecular formula is C18H19FN6O. The summed E-state index contributed by atoms with van der Waals surface area (Å²) in [4.78, 5) is 16.4. The summed E-state index contributed by atoms with van der Waals surface area (Å²) >= 11 is 0. The van der Waals surface area contributed by atoms with Crippen LogP contribution in [0.15, 0.2) is 48.9 Å². The van der Waals surface area contributed by atoms with Gasteiger partial charge >= 0.3 is 0 Å². The number of pyridine rings is 1. The van der Waals surface area contributed by atoms with Gasteiger partial charge < -0.3 is 9.88 Å². The molecule has 3 aromatic rings. The first-order valence-electron chi connectivity index (χ1n) is 8.11. The van der Waals surface area contributed by atoms with E-state index in [1.807, 2.05) is 29.8 Å². The van der Waals surface area contributed by atoms with E-state index < -0.39 is 0 Å². The smallest absolute Gasteiger partial charge is 0.274 e. The number of hydrogen-bond donors (Lipinski definition) is 1. The van der Waals surface area contributed by atoms with Crippen molar-refractivity contribution in [2.24, 2.45) is 7.05 Å². The van der Waals surface area contributed by atoms with Gasteiger partial charge in [0.1, 0.15) is 17.8 Å². The van der Waals surface area contributed by atoms with E-state index in [1.165, 1.54) is 25.4 Å². The van der Waals surface area contributed by atoms with Crippen LogP contribution < -0.4 is 10.4 Å². The van der Waals surface area contributed by atoms with E-state index in [0.29, 0.717) is 10.8 Å². The van der Waals surface area contributed by atoms with Crippen molar-refractivity contribution in [1.29, 1.82) is 0 Å². The Morgan fingerprint density at radius 2 is 2.12 bits per heavy atom. The fourth-order valence-corrected chi connectivity index (χ4v) is 2.52. The molecule has 0 bridgehead atoms. The van der Waals surface area contributed by atoms with Crippen molar-refractivity contribution in [3.05, 3.63) is 66.0 Å². The third-order valence-electron chi connectivity index (χ3n) is 3.96. The number of hydrogen-bond acceptors (Lipinski definition) is 5. The molecule has 26 heavy (non-hydrogen) atoms. The number of amides is 1. The molecule has 0 radical (unpaired) electrons. The molecule has 0 atom stereocenters. The Morgan fingerprint density at radius 3 is 2.85 bits per heavy atom. The van der Waals surface area contributed by atoms with Crippen LogP contribution in [0.1, 0.15) is 21.9 Å². The zero-order valence-corrected chi connectivity index (χ0v) is 14.6. The fourth-order valence-electron chi connectivity index (χ4n) is 2.52. The molecule has 0 saturated heterocycles. The molecule has 8 heteroatoms. The monoisotopic (exact) mass is 354 g/mol. The third kappa shape index (κ3) is 4.21. The zero-order chi connectivity index (χ0) is 18.5. The minimum absolute atomic E-state index is 0.150. The highest BCUT2D eigenvalue weighted by Crippen LogP contribution is 2.16. The molecule has 1 aromatic carbocycles. The molecule has 1 N–H and O–H groups in total. The molecule has 1 amide bonds. The van der Waals surface area contributed by atoms with Crippen LogP contribution >= 0.6 is 0 Å². The second kappa shape index (κ2) is 7.73. The molecule has 2 aromatic heterocycles. The van der Waals surface area contributed by atoms with Crippen LogP contribution in [-0.2, 0) is 19.9 Å². The zero-order valence-electron chi connectivity index (χ0n) is 14.6. The predicted octanol–water partition coefficient (Wildman–Crippen LogP) is 2.57. The molecule has 0 aliphatic rings. The van der Waals surface area contributed by atoms with Gasteiger partial charge in [-0.1, -0.05) is 12.1 Å². The van der Waals surface area contributed by atoms with E-state index in [9.17, 15) is 9.28 Å². The number of rotatable bonds is 6. The van der Waals surface area contributed by atoms with E-state index in [1.54, 1.807) is 12.4 Å². The van der Waals surface area contributed by atoms with Crippen LogP contribution in [0.25, 0.3) is 0 Å². The van der Waals surface area contributed by atoms with Gasteiger partial charge in [-0.25, -0.2) is 5.12 Å². The largest absolute Gasteiger partial charge is 0.321 e. The SMILES string of the molecule is CN(F)c1ccnc(C(=O)Nc2cccc(CCc3nncn3C)c2)c1. The van der Waals surface area contributed by atoms with Gasteiger partial charge in [-0.2, -0.15) is 0 Å². The number of anilines is 2. The Labute approximate surface area is 150 Å². The number of carbonyl (C=O) groups excluding carboxylic acids is 1. The number of halogens is 1. The Morgan fingerprint density at radius 1 is 1.27 bits per heavy atom. The molecular weight excluding hydrogens is 335 g/mol. The highest BCUT2D eigenvalue weighted by Gasteiger charge is 2.10. The summed E-state index contributed by atoms with van der Waals surface area (Å²) in [6.07, 6.45) is 4.59. The summed E-state index contributed by atoms with van der Waals surface area (Å²) in [5, 5.41) is 11.2. The van der Waals surface area contributed by atoms with Crippen LogP contribution in [-0.4, -0.2) is 32.7 Å². The number of carbonyl (C=O) groups is 1. The van der Waals surface area contributed by atoms with Crippen molar-refractivity contribution < 1.29 is 9.28 Å². The summed E-state index contributed by atoms with van der Waals surface area (Å²) in [6, 6.07) is 10.5. The van der Waals surface area contributed by atoms with E-state index >= 15 is 0 Å². The Balaban J connectivity index is 1.67. The molecule has 2 heterocycles. The molecule has 3 rings (SSSR count). The molecule has 0 spiro atoms. The van der Waals surface area contributed by atoms with Crippen molar-refractivity contribution in [3.8, 4) is 0 Å². The van der Waals surface area contributed by atoms with Crippen LogP contribution in [0.4, 0.5) is 15.9 Å². The van der Waals surface area contributed by atoms with Gasteiger partial charge in [0.15, 0.2) is 0 Å². The number of nitrogens with one attached hydrogen (secondary N) is 1. The van der Waals surface area contributed by atoms with E-state index in [2.05, 4.69) is 20.5 Å². The van der Waals surface area contributed by atoms with Crippen LogP contribution in [0, 0.1) is 0 Å². The number of benzene rings is 1. The highest BCUT2D eigenvalue weighted by molar-refractivity contribution is 6.03. The van der Waals surface area contributed by atoms with Crippen LogP contribution in [0.5, 0.6) is 0 Å². The van der Waals surface area contributed by atoms with E-state index in [0.717, 1.165) is 24.2 Å². The predicted molar refractivity (Wildman–Crippen MR) is 96.6 cm³/mol. The average molecular weight is 354 g/mol. The van der Waals surface area contributed by atoms with E-state index in [-0.39, 0.29) is 17.3 Å². The number of nitrogens with zero attached hydrogens (tertiary/aromatic N) is 5. The maximum atomic E-state index is 13.2. The minimum Gasteiger partial charge on any atom is -0.321 e. The lowest BCUT2D eigenvalue weighted by molar-refractivity contribution is 0.102. The van der Waals surface area contributed by atoms with Gasteiger partial charge in [0.2, 0.25) is 0 Å². The van der Waals surface area contributed by atoms with Crippen LogP contribution in [0.3, 0.4) is 0 Å². The molecule has 0 unspecified atom stereocenters. The number of aromatic nitrogens is 4. The Kier molecular flexibility index (Phi) is 5.21. The average Bonchev–Trinajstić information content (AvgIpc) is 3.05. The standard InChI is InChI=1S/C18H19FN6O/c1-24-12-21-23-17(24)7-6-13-4-3-5-14(10-13)22-18(26)16-11-15(25(2)19)8-9-20-16/h3-5,8-12H,6-7H2,1-2H3,(H,22,26). The first-order chi connectivity index (χ1) is 12.5. The molecule has 7 nitrogen and oxygen atoms in total. The van der Waals surface area contributed by atoms with Crippen molar-refractivity contribution in [3.63, 3.8) is 0 Å². The summed E-state index contributed by atoms with van der Waals surface area (Å²) in [5.74, 6) is 0.509. The van der Waals surface area contributed by atoms with Gasteiger partial charge in [-0.3, -0.25) is 9.78 Å². The quantitative estimate of drug-likeness (QED) is 0.689. The Bertz CT molecular complexity index is 908. The first kappa shape index (κ1) is 17.5. The summed E-state index contributed by atoms with van der Waals surface area (Å²) in [6.45, 7) is 0. The van der Waals surface area contributed by atoms with Crippen LogP contribution in [0.2, 0.25) is 0 Å². The van der Waals surface area contributed by atoms with Crippen molar-refractivity contribution in [2.45, 2.75) is 12.8 Å². The summed E-state index contributed by atoms with van der Waals surface area (Å²) in [7, 11) is 3.17. The van der Waals surface area contributed by atoms with Crippen molar-refractivity contribution in [1.82, 2.24) is 19.7 Å². The van der Waals surface area contributed by atoms with Crippen molar-refractivity contribution in [2.75, 3.05) is 17.5 Å². The van der Waals surface area contributed by atoms with Gasteiger partial charge in [0.25, 0.3) is 5.91 Å². The highest BCUT2D eigenvalue weighted by atomic mass is 19.2. The first-order valence-corrected chi connectivity index (χ1v) is 8.11. The molecule has 134 valence electrons. The second-order valence-corrected chi connectivity index (χ2v) is 5.89. The van der Waals surface area contributed by atoms with Gasteiger partial charge in [-0.15, -0.1) is 14.7 Å². The minimum atomic E-state index is -0.390. The molecule has 0 aliphatic heterocycles. The summed E-state index contributed by atoms with van der Waals surface area (Å²) in [5.41, 5.74) is 2.14. The molecule has 0 aliphatic carbocycles. The topological polar surface area (TPSA) is 75.9 Å². The second-order valence-electron chi connectivity index (χ2n) is 5.89. The van der Waals surface area contributed by atoms with Gasteiger partial charge in [0, 0.05) is 32.4 Å². The lowest BCUT2D eigenvalue weighted by atomic mass is 10.1. The lowest BCUT2D eigenvalue weighted by Gasteiger charge is -2.10. The molecule has 0 fully saturated rings. The van der Waals surface area contributed by atoms with Crippen molar-refractivity contribution >= 4 is 17.3 Å². The lowest BCUT2D eigenvalue weighted by Crippen LogP contribution is -2.15. The maximum absolute atomic E-state index is 13.2. The van der Waals surface area contributed by atoms with E-state index in [4.69, 9.17) is 0 Å². The third-order valence-corrected chi connectivity index (χ3v) is 3.96. The summed E-state index contributed by atoms with van der Waals surface area (Å²) < 4.78 is 15.1. The fraction of sp³-hybridized carbons (Fsp3) is 0.222.